The first kappa shape index (κ1) is 16.6. The molecule has 0 radical (unpaired) electrons. The fourth-order valence-corrected chi connectivity index (χ4v) is 3.59. The van der Waals surface area contributed by atoms with E-state index in [2.05, 4.69) is 23.2 Å². The Hall–Kier alpha value is -1.30. The summed E-state index contributed by atoms with van der Waals surface area (Å²) in [6.07, 6.45) is 2.91. The molecular weight excluding hydrogens is 292 g/mol. The molecule has 1 aromatic rings. The van der Waals surface area contributed by atoms with Crippen molar-refractivity contribution in [2.45, 2.75) is 38.5 Å². The molecule has 2 aliphatic rings. The van der Waals surface area contributed by atoms with Gasteiger partial charge in [-0.3, -0.25) is 4.90 Å². The van der Waals surface area contributed by atoms with E-state index in [9.17, 15) is 0 Å². The summed E-state index contributed by atoms with van der Waals surface area (Å²) in [6, 6.07) is 4.75. The van der Waals surface area contributed by atoms with E-state index >= 15 is 0 Å². The summed E-state index contributed by atoms with van der Waals surface area (Å²) in [6.45, 7) is 6.99. The Bertz CT molecular complexity index is 535. The van der Waals surface area contributed by atoms with Crippen molar-refractivity contribution in [2.75, 3.05) is 40.5 Å². The van der Waals surface area contributed by atoms with Gasteiger partial charge in [-0.2, -0.15) is 0 Å². The molecule has 1 aromatic carbocycles. The normalized spacial score (nSPS) is 24.5. The maximum absolute atomic E-state index is 5.99. The smallest absolute Gasteiger partial charge is 0.161 e. The van der Waals surface area contributed by atoms with Crippen molar-refractivity contribution in [2.24, 2.45) is 0 Å². The predicted molar refractivity (Wildman–Crippen MR) is 90.3 cm³/mol. The van der Waals surface area contributed by atoms with Crippen LogP contribution in [0.3, 0.4) is 0 Å². The summed E-state index contributed by atoms with van der Waals surface area (Å²) >= 11 is 0. The van der Waals surface area contributed by atoms with Crippen molar-refractivity contribution in [3.63, 3.8) is 0 Å². The highest BCUT2D eigenvalue weighted by Gasteiger charge is 2.31. The van der Waals surface area contributed by atoms with Crippen molar-refractivity contribution in [1.29, 1.82) is 0 Å². The van der Waals surface area contributed by atoms with E-state index in [0.29, 0.717) is 12.1 Å². The SMILES string of the molecule is COc1cc(C)c(CNCC2CN3CCCC3CO2)cc1OC. The van der Waals surface area contributed by atoms with Crippen LogP contribution in [0.2, 0.25) is 0 Å². The Labute approximate surface area is 138 Å². The quantitative estimate of drug-likeness (QED) is 0.868. The van der Waals surface area contributed by atoms with Gasteiger partial charge in [-0.1, -0.05) is 0 Å². The number of morpholine rings is 1. The molecule has 2 atom stereocenters. The van der Waals surface area contributed by atoms with Gasteiger partial charge in [0.15, 0.2) is 11.5 Å². The number of hydrogen-bond donors (Lipinski definition) is 1. The zero-order valence-corrected chi connectivity index (χ0v) is 14.4. The first-order chi connectivity index (χ1) is 11.2. The van der Waals surface area contributed by atoms with E-state index in [4.69, 9.17) is 14.2 Å². The summed E-state index contributed by atoms with van der Waals surface area (Å²) in [5.74, 6) is 1.56. The minimum Gasteiger partial charge on any atom is -0.493 e. The summed E-state index contributed by atoms with van der Waals surface area (Å²) in [5, 5.41) is 3.53. The number of fused-ring (bicyclic) bond motifs is 1. The molecule has 2 fully saturated rings. The highest BCUT2D eigenvalue weighted by molar-refractivity contribution is 5.46. The van der Waals surface area contributed by atoms with Gasteiger partial charge in [-0.15, -0.1) is 0 Å². The fourth-order valence-electron chi connectivity index (χ4n) is 3.59. The standard InChI is InChI=1S/C18H28N2O3/c1-13-7-17(21-2)18(22-3)8-14(13)9-19-10-16-11-20-6-4-5-15(20)12-23-16/h7-8,15-16,19H,4-6,9-12H2,1-3H3. The van der Waals surface area contributed by atoms with Crippen LogP contribution < -0.4 is 14.8 Å². The minimum atomic E-state index is 0.296. The second-order valence-corrected chi connectivity index (χ2v) is 6.51. The summed E-state index contributed by atoms with van der Waals surface area (Å²) < 4.78 is 16.7. The lowest BCUT2D eigenvalue weighted by Crippen LogP contribution is -2.49. The van der Waals surface area contributed by atoms with Gasteiger partial charge in [-0.25, -0.2) is 0 Å². The Kier molecular flexibility index (Phi) is 5.41. The number of benzene rings is 1. The fraction of sp³-hybridized carbons (Fsp3) is 0.667. The lowest BCUT2D eigenvalue weighted by atomic mass is 10.1. The van der Waals surface area contributed by atoms with E-state index in [1.807, 2.05) is 6.07 Å². The molecule has 5 heteroatoms. The van der Waals surface area contributed by atoms with Crippen molar-refractivity contribution in [3.8, 4) is 11.5 Å². The van der Waals surface area contributed by atoms with Gasteiger partial charge in [0.25, 0.3) is 0 Å². The molecule has 0 spiro atoms. The van der Waals surface area contributed by atoms with E-state index in [1.54, 1.807) is 14.2 Å². The average Bonchev–Trinajstić information content (AvgIpc) is 3.03. The van der Waals surface area contributed by atoms with Gasteiger partial charge in [0.05, 0.1) is 26.9 Å². The molecular formula is C18H28N2O3. The van der Waals surface area contributed by atoms with E-state index in [0.717, 1.165) is 37.7 Å². The van der Waals surface area contributed by atoms with Crippen LogP contribution in [0, 0.1) is 6.92 Å². The van der Waals surface area contributed by atoms with Crippen LogP contribution in [-0.4, -0.2) is 57.5 Å². The van der Waals surface area contributed by atoms with Gasteiger partial charge in [0.2, 0.25) is 0 Å². The number of nitrogens with zero attached hydrogens (tertiary/aromatic N) is 1. The molecule has 5 nitrogen and oxygen atoms in total. The molecule has 0 amide bonds. The summed E-state index contributed by atoms with van der Waals surface area (Å²) in [4.78, 5) is 2.58. The van der Waals surface area contributed by atoms with Gasteiger partial charge in [0, 0.05) is 25.7 Å². The Balaban J connectivity index is 1.52. The maximum atomic E-state index is 5.99. The lowest BCUT2D eigenvalue weighted by molar-refractivity contribution is -0.0470. The number of ether oxygens (including phenoxy) is 3. The van der Waals surface area contributed by atoms with Crippen molar-refractivity contribution in [1.82, 2.24) is 10.2 Å². The Morgan fingerprint density at radius 1 is 1.26 bits per heavy atom. The number of methoxy groups -OCH3 is 2. The van der Waals surface area contributed by atoms with Crippen LogP contribution >= 0.6 is 0 Å². The molecule has 2 aliphatic heterocycles. The number of rotatable bonds is 6. The summed E-state index contributed by atoms with van der Waals surface area (Å²) in [5.41, 5.74) is 2.44. The van der Waals surface area contributed by atoms with Crippen LogP contribution in [0.5, 0.6) is 11.5 Å². The van der Waals surface area contributed by atoms with Gasteiger partial charge >= 0.3 is 0 Å². The van der Waals surface area contributed by atoms with Crippen molar-refractivity contribution < 1.29 is 14.2 Å². The molecule has 3 rings (SSSR count). The molecule has 0 bridgehead atoms. The number of nitrogens with one attached hydrogen (secondary N) is 1. The van der Waals surface area contributed by atoms with E-state index < -0.39 is 0 Å². The molecule has 2 saturated heterocycles. The zero-order valence-electron chi connectivity index (χ0n) is 14.4. The third-order valence-corrected chi connectivity index (χ3v) is 4.99. The predicted octanol–water partition coefficient (Wildman–Crippen LogP) is 1.97. The van der Waals surface area contributed by atoms with Crippen LogP contribution in [0.1, 0.15) is 24.0 Å². The first-order valence-corrected chi connectivity index (χ1v) is 8.49. The topological polar surface area (TPSA) is 43.0 Å². The minimum absolute atomic E-state index is 0.296. The molecule has 0 aliphatic carbocycles. The number of hydrogen-bond acceptors (Lipinski definition) is 5. The average molecular weight is 320 g/mol. The second kappa shape index (κ2) is 7.51. The first-order valence-electron chi connectivity index (χ1n) is 8.49. The molecule has 2 unspecified atom stereocenters. The largest absolute Gasteiger partial charge is 0.493 e. The molecule has 23 heavy (non-hydrogen) atoms. The maximum Gasteiger partial charge on any atom is 0.161 e. The van der Waals surface area contributed by atoms with Gasteiger partial charge < -0.3 is 19.5 Å². The Morgan fingerprint density at radius 2 is 2.04 bits per heavy atom. The van der Waals surface area contributed by atoms with Crippen LogP contribution in [0.4, 0.5) is 0 Å². The van der Waals surface area contributed by atoms with Crippen LogP contribution in [-0.2, 0) is 11.3 Å². The van der Waals surface area contributed by atoms with Gasteiger partial charge in [0.1, 0.15) is 0 Å². The van der Waals surface area contributed by atoms with Crippen molar-refractivity contribution in [3.05, 3.63) is 23.3 Å². The third kappa shape index (κ3) is 3.79. The van der Waals surface area contributed by atoms with Crippen LogP contribution in [0.15, 0.2) is 12.1 Å². The van der Waals surface area contributed by atoms with Gasteiger partial charge in [-0.05, 0) is 49.6 Å². The molecule has 2 heterocycles. The zero-order chi connectivity index (χ0) is 16.2. The van der Waals surface area contributed by atoms with E-state index in [1.165, 1.54) is 30.5 Å². The molecule has 1 N–H and O–H groups in total. The molecule has 0 saturated carbocycles. The highest BCUT2D eigenvalue weighted by Crippen LogP contribution is 2.30. The highest BCUT2D eigenvalue weighted by atomic mass is 16.5. The van der Waals surface area contributed by atoms with Crippen LogP contribution in [0.25, 0.3) is 0 Å². The monoisotopic (exact) mass is 320 g/mol. The Morgan fingerprint density at radius 3 is 2.83 bits per heavy atom. The second-order valence-electron chi connectivity index (χ2n) is 6.51. The lowest BCUT2D eigenvalue weighted by Gasteiger charge is -2.35. The summed E-state index contributed by atoms with van der Waals surface area (Å²) in [7, 11) is 3.34. The van der Waals surface area contributed by atoms with Crippen molar-refractivity contribution >= 4 is 0 Å². The molecule has 128 valence electrons. The van der Waals surface area contributed by atoms with E-state index in [-0.39, 0.29) is 0 Å². The number of aryl methyl sites for hydroxylation is 1. The molecule has 0 aromatic heterocycles. The third-order valence-electron chi connectivity index (χ3n) is 4.99.